The number of ether oxygens (including phenoxy) is 1. The molecule has 2 aromatic carbocycles. The lowest BCUT2D eigenvalue weighted by molar-refractivity contribution is 0.0806. The maximum atomic E-state index is 12.8. The Morgan fingerprint density at radius 2 is 1.65 bits per heavy atom. The van der Waals surface area contributed by atoms with Crippen molar-refractivity contribution in [2.45, 2.75) is 6.42 Å². The van der Waals surface area contributed by atoms with Crippen molar-refractivity contribution in [2.24, 2.45) is 5.92 Å². The van der Waals surface area contributed by atoms with Gasteiger partial charge in [-0.2, -0.15) is 0 Å². The summed E-state index contributed by atoms with van der Waals surface area (Å²) in [6.45, 7) is 3.62. The Morgan fingerprint density at radius 3 is 2.26 bits per heavy atom. The highest BCUT2D eigenvalue weighted by atomic mass is 16.5. The van der Waals surface area contributed by atoms with Crippen molar-refractivity contribution < 1.29 is 19.4 Å². The summed E-state index contributed by atoms with van der Waals surface area (Å²) in [5, 5.41) is 9.87. The van der Waals surface area contributed by atoms with E-state index in [0.717, 1.165) is 0 Å². The minimum absolute atomic E-state index is 0.127. The van der Waals surface area contributed by atoms with Crippen LogP contribution in [0.4, 0.5) is 0 Å². The first-order valence-corrected chi connectivity index (χ1v) is 7.20. The van der Waals surface area contributed by atoms with Crippen LogP contribution in [0.5, 0.6) is 11.5 Å². The molecular weight excluding hydrogens is 292 g/mol. The van der Waals surface area contributed by atoms with E-state index in [1.54, 1.807) is 36.4 Å². The maximum absolute atomic E-state index is 12.8. The van der Waals surface area contributed by atoms with Crippen molar-refractivity contribution >= 4 is 11.6 Å². The molecule has 0 spiro atoms. The minimum atomic E-state index is -0.947. The first-order chi connectivity index (χ1) is 11.1. The molecule has 2 rings (SSSR count). The van der Waals surface area contributed by atoms with Crippen LogP contribution in [0.25, 0.3) is 0 Å². The number of hydrogen-bond acceptors (Lipinski definition) is 4. The SMILES string of the molecule is C=CCC(C(=O)c1ccccc1O)C(=O)c1ccccc1OC. The van der Waals surface area contributed by atoms with Gasteiger partial charge in [0.15, 0.2) is 11.6 Å². The average molecular weight is 310 g/mol. The summed E-state index contributed by atoms with van der Waals surface area (Å²) < 4.78 is 5.20. The van der Waals surface area contributed by atoms with Crippen LogP contribution in [-0.2, 0) is 0 Å². The molecule has 4 heteroatoms. The molecule has 0 heterocycles. The molecule has 118 valence electrons. The number of phenols is 1. The van der Waals surface area contributed by atoms with Crippen molar-refractivity contribution in [1.82, 2.24) is 0 Å². The van der Waals surface area contributed by atoms with Crippen LogP contribution in [0.2, 0.25) is 0 Å². The van der Waals surface area contributed by atoms with E-state index in [2.05, 4.69) is 6.58 Å². The van der Waals surface area contributed by atoms with Crippen molar-refractivity contribution in [3.8, 4) is 11.5 Å². The van der Waals surface area contributed by atoms with Gasteiger partial charge in [-0.3, -0.25) is 9.59 Å². The Balaban J connectivity index is 2.42. The summed E-state index contributed by atoms with van der Waals surface area (Å²) in [6.07, 6.45) is 1.71. The van der Waals surface area contributed by atoms with Gasteiger partial charge in [-0.05, 0) is 30.7 Å². The van der Waals surface area contributed by atoms with Crippen LogP contribution < -0.4 is 4.74 Å². The van der Waals surface area contributed by atoms with Crippen LogP contribution in [0, 0.1) is 5.92 Å². The van der Waals surface area contributed by atoms with Gasteiger partial charge in [0.1, 0.15) is 11.5 Å². The number of methoxy groups -OCH3 is 1. The topological polar surface area (TPSA) is 63.6 Å². The van der Waals surface area contributed by atoms with Gasteiger partial charge in [-0.1, -0.05) is 30.3 Å². The lowest BCUT2D eigenvalue weighted by atomic mass is 9.87. The second-order valence-electron chi connectivity index (χ2n) is 5.02. The summed E-state index contributed by atoms with van der Waals surface area (Å²) in [7, 11) is 1.47. The van der Waals surface area contributed by atoms with E-state index in [9.17, 15) is 14.7 Å². The van der Waals surface area contributed by atoms with Gasteiger partial charge in [0.05, 0.1) is 24.2 Å². The number of phenolic OH excluding ortho intramolecular Hbond substituents is 1. The van der Waals surface area contributed by atoms with E-state index in [-0.39, 0.29) is 23.5 Å². The van der Waals surface area contributed by atoms with Gasteiger partial charge in [-0.15, -0.1) is 6.58 Å². The third-order valence-electron chi connectivity index (χ3n) is 3.58. The van der Waals surface area contributed by atoms with Crippen LogP contribution in [-0.4, -0.2) is 23.8 Å². The zero-order valence-electron chi connectivity index (χ0n) is 12.9. The molecule has 1 unspecified atom stereocenters. The average Bonchev–Trinajstić information content (AvgIpc) is 2.59. The second-order valence-corrected chi connectivity index (χ2v) is 5.02. The number of allylic oxidation sites excluding steroid dienone is 1. The quantitative estimate of drug-likeness (QED) is 0.481. The third kappa shape index (κ3) is 3.48. The molecule has 23 heavy (non-hydrogen) atoms. The molecule has 4 nitrogen and oxygen atoms in total. The van der Waals surface area contributed by atoms with E-state index in [4.69, 9.17) is 4.74 Å². The fourth-order valence-electron chi connectivity index (χ4n) is 2.41. The molecule has 0 aliphatic carbocycles. The number of carbonyl (C=O) groups is 2. The number of hydrogen-bond donors (Lipinski definition) is 1. The monoisotopic (exact) mass is 310 g/mol. The number of ketones is 2. The highest BCUT2D eigenvalue weighted by Gasteiger charge is 2.30. The van der Waals surface area contributed by atoms with E-state index in [1.165, 1.54) is 25.3 Å². The number of para-hydroxylation sites is 2. The lowest BCUT2D eigenvalue weighted by Crippen LogP contribution is -2.24. The molecule has 0 aliphatic rings. The van der Waals surface area contributed by atoms with E-state index in [0.29, 0.717) is 11.3 Å². The number of rotatable bonds is 7. The molecule has 0 aromatic heterocycles. The van der Waals surface area contributed by atoms with E-state index < -0.39 is 11.7 Å². The molecule has 0 bridgehead atoms. The molecule has 0 saturated carbocycles. The summed E-state index contributed by atoms with van der Waals surface area (Å²) >= 11 is 0. The molecule has 0 amide bonds. The summed E-state index contributed by atoms with van der Waals surface area (Å²) in [4.78, 5) is 25.5. The van der Waals surface area contributed by atoms with E-state index >= 15 is 0 Å². The first-order valence-electron chi connectivity index (χ1n) is 7.20. The maximum Gasteiger partial charge on any atom is 0.177 e. The molecule has 2 aromatic rings. The summed E-state index contributed by atoms with van der Waals surface area (Å²) in [5.41, 5.74) is 0.466. The number of benzene rings is 2. The van der Waals surface area contributed by atoms with Crippen LogP contribution in [0.1, 0.15) is 27.1 Å². The zero-order chi connectivity index (χ0) is 16.8. The summed E-state index contributed by atoms with van der Waals surface area (Å²) in [6, 6.07) is 12.9. The molecule has 0 saturated heterocycles. The van der Waals surface area contributed by atoms with Gasteiger partial charge in [0, 0.05) is 0 Å². The normalized spacial score (nSPS) is 11.5. The molecule has 1 N–H and O–H groups in total. The summed E-state index contributed by atoms with van der Waals surface area (Å²) in [5.74, 6) is -1.46. The highest BCUT2D eigenvalue weighted by Crippen LogP contribution is 2.27. The fourth-order valence-corrected chi connectivity index (χ4v) is 2.41. The fraction of sp³-hybridized carbons (Fsp3) is 0.158. The Bertz CT molecular complexity index is 734. The number of Topliss-reactive ketones (excluding diaryl/α,β-unsaturated/α-hetero) is 2. The number of aromatic hydroxyl groups is 1. The van der Waals surface area contributed by atoms with Crippen molar-refractivity contribution in [3.63, 3.8) is 0 Å². The second kappa shape index (κ2) is 7.40. The Labute approximate surface area is 135 Å². The first kappa shape index (κ1) is 16.5. The molecule has 0 fully saturated rings. The number of carbonyl (C=O) groups excluding carboxylic acids is 2. The minimum Gasteiger partial charge on any atom is -0.507 e. The van der Waals surface area contributed by atoms with Crippen molar-refractivity contribution in [1.29, 1.82) is 0 Å². The molecule has 0 radical (unpaired) electrons. The molecular formula is C19H18O4. The van der Waals surface area contributed by atoms with Gasteiger partial charge in [0.2, 0.25) is 0 Å². The largest absolute Gasteiger partial charge is 0.507 e. The van der Waals surface area contributed by atoms with Crippen molar-refractivity contribution in [3.05, 3.63) is 72.3 Å². The third-order valence-corrected chi connectivity index (χ3v) is 3.58. The van der Waals surface area contributed by atoms with Crippen LogP contribution in [0.3, 0.4) is 0 Å². The molecule has 1 atom stereocenters. The Morgan fingerprint density at radius 1 is 1.09 bits per heavy atom. The predicted molar refractivity (Wildman–Crippen MR) is 88.1 cm³/mol. The van der Waals surface area contributed by atoms with Gasteiger partial charge in [0.25, 0.3) is 0 Å². The Hall–Kier alpha value is -2.88. The zero-order valence-corrected chi connectivity index (χ0v) is 12.9. The van der Waals surface area contributed by atoms with Gasteiger partial charge in [-0.25, -0.2) is 0 Å². The standard InChI is InChI=1S/C19H18O4/c1-3-8-15(18(21)13-9-4-6-11-16(13)20)19(22)14-10-5-7-12-17(14)23-2/h3-7,9-12,15,20H,1,8H2,2H3. The lowest BCUT2D eigenvalue weighted by Gasteiger charge is -2.15. The van der Waals surface area contributed by atoms with Gasteiger partial charge >= 0.3 is 0 Å². The van der Waals surface area contributed by atoms with Gasteiger partial charge < -0.3 is 9.84 Å². The molecule has 0 aliphatic heterocycles. The van der Waals surface area contributed by atoms with E-state index in [1.807, 2.05) is 0 Å². The smallest absolute Gasteiger partial charge is 0.177 e. The van der Waals surface area contributed by atoms with Crippen LogP contribution >= 0.6 is 0 Å². The predicted octanol–water partition coefficient (Wildman–Crippen LogP) is 3.66. The Kier molecular flexibility index (Phi) is 5.31. The van der Waals surface area contributed by atoms with Crippen molar-refractivity contribution in [2.75, 3.05) is 7.11 Å². The van der Waals surface area contributed by atoms with Crippen LogP contribution in [0.15, 0.2) is 61.2 Å². The highest BCUT2D eigenvalue weighted by molar-refractivity contribution is 6.17.